The molecular formula is C18H22ClNO3. The van der Waals surface area contributed by atoms with Crippen molar-refractivity contribution in [2.24, 2.45) is 5.73 Å². The maximum Gasteiger partial charge on any atom is 0.160 e. The molecule has 1 atom stereocenters. The van der Waals surface area contributed by atoms with E-state index in [1.165, 1.54) is 0 Å². The molecule has 23 heavy (non-hydrogen) atoms. The molecule has 0 spiro atoms. The van der Waals surface area contributed by atoms with Crippen LogP contribution in [0.3, 0.4) is 0 Å². The number of halogens is 1. The summed E-state index contributed by atoms with van der Waals surface area (Å²) in [6.07, 6.45) is 0.757. The van der Waals surface area contributed by atoms with E-state index < -0.39 is 0 Å². The van der Waals surface area contributed by atoms with Crippen molar-refractivity contribution in [1.29, 1.82) is 0 Å². The van der Waals surface area contributed by atoms with Gasteiger partial charge in [-0.05, 0) is 48.9 Å². The Balaban J connectivity index is 2.31. The molecule has 0 aliphatic heterocycles. The van der Waals surface area contributed by atoms with E-state index in [-0.39, 0.29) is 5.92 Å². The molecule has 2 aromatic carbocycles. The largest absolute Gasteiger partial charge is 0.496 e. The van der Waals surface area contributed by atoms with Gasteiger partial charge in [0.15, 0.2) is 11.5 Å². The van der Waals surface area contributed by atoms with E-state index in [0.29, 0.717) is 23.1 Å². The van der Waals surface area contributed by atoms with Crippen LogP contribution in [0.2, 0.25) is 5.02 Å². The molecular weight excluding hydrogens is 314 g/mol. The number of hydrogen-bond acceptors (Lipinski definition) is 4. The SMILES string of the molecule is COc1ccc(CC(CN)c2cc(Cl)ccc2OC)cc1OC. The molecule has 0 bridgehead atoms. The standard InChI is InChI=1S/C18H22ClNO3/c1-21-16-7-5-14(19)10-15(16)13(11-20)8-12-4-6-17(22-2)18(9-12)23-3/h4-7,9-10,13H,8,11,20H2,1-3H3. The Morgan fingerprint density at radius 3 is 2.17 bits per heavy atom. The summed E-state index contributed by atoms with van der Waals surface area (Å²) in [7, 11) is 4.90. The molecule has 4 nitrogen and oxygen atoms in total. The fourth-order valence-corrected chi connectivity index (χ4v) is 2.82. The molecule has 0 aliphatic carbocycles. The highest BCUT2D eigenvalue weighted by molar-refractivity contribution is 6.30. The van der Waals surface area contributed by atoms with Gasteiger partial charge in [0.1, 0.15) is 5.75 Å². The van der Waals surface area contributed by atoms with Crippen molar-refractivity contribution in [3.05, 3.63) is 52.5 Å². The normalized spacial score (nSPS) is 11.9. The van der Waals surface area contributed by atoms with Crippen LogP contribution in [-0.4, -0.2) is 27.9 Å². The minimum atomic E-state index is 0.0988. The first-order chi connectivity index (χ1) is 11.1. The summed E-state index contributed by atoms with van der Waals surface area (Å²) in [4.78, 5) is 0. The van der Waals surface area contributed by atoms with Crippen LogP contribution in [0.1, 0.15) is 17.0 Å². The van der Waals surface area contributed by atoms with Crippen LogP contribution in [0, 0.1) is 0 Å². The lowest BCUT2D eigenvalue weighted by atomic mass is 9.91. The Labute approximate surface area is 142 Å². The molecule has 0 aliphatic rings. The maximum absolute atomic E-state index is 6.13. The number of benzene rings is 2. The highest BCUT2D eigenvalue weighted by Gasteiger charge is 2.17. The van der Waals surface area contributed by atoms with Crippen molar-refractivity contribution in [2.45, 2.75) is 12.3 Å². The van der Waals surface area contributed by atoms with Gasteiger partial charge in [0.2, 0.25) is 0 Å². The van der Waals surface area contributed by atoms with E-state index in [9.17, 15) is 0 Å². The summed E-state index contributed by atoms with van der Waals surface area (Å²) in [5, 5.41) is 0.673. The number of nitrogens with two attached hydrogens (primary N) is 1. The summed E-state index contributed by atoms with van der Waals surface area (Å²) in [6.45, 7) is 0.491. The van der Waals surface area contributed by atoms with E-state index >= 15 is 0 Å². The maximum atomic E-state index is 6.13. The molecule has 2 aromatic rings. The highest BCUT2D eigenvalue weighted by Crippen LogP contribution is 2.33. The van der Waals surface area contributed by atoms with Crippen molar-refractivity contribution in [1.82, 2.24) is 0 Å². The number of methoxy groups -OCH3 is 3. The average Bonchev–Trinajstić information content (AvgIpc) is 2.59. The molecule has 0 aromatic heterocycles. The monoisotopic (exact) mass is 335 g/mol. The smallest absolute Gasteiger partial charge is 0.160 e. The summed E-state index contributed by atoms with van der Waals surface area (Å²) >= 11 is 6.13. The van der Waals surface area contributed by atoms with Crippen LogP contribution in [0.15, 0.2) is 36.4 Å². The Hall–Kier alpha value is -1.91. The molecule has 124 valence electrons. The molecule has 0 saturated heterocycles. The first kappa shape index (κ1) is 17.4. The fourth-order valence-electron chi connectivity index (χ4n) is 2.64. The zero-order valence-electron chi connectivity index (χ0n) is 13.6. The third kappa shape index (κ3) is 4.09. The van der Waals surface area contributed by atoms with E-state index in [1.807, 2.05) is 36.4 Å². The van der Waals surface area contributed by atoms with Gasteiger partial charge < -0.3 is 19.9 Å². The van der Waals surface area contributed by atoms with Gasteiger partial charge in [-0.1, -0.05) is 17.7 Å². The molecule has 2 rings (SSSR count). The first-order valence-corrected chi connectivity index (χ1v) is 7.75. The second-order valence-corrected chi connectivity index (χ2v) is 5.65. The molecule has 1 unspecified atom stereocenters. The minimum absolute atomic E-state index is 0.0988. The Morgan fingerprint density at radius 2 is 1.57 bits per heavy atom. The Morgan fingerprint density at radius 1 is 0.913 bits per heavy atom. The lowest BCUT2D eigenvalue weighted by Crippen LogP contribution is -2.16. The number of ether oxygens (including phenoxy) is 3. The second kappa shape index (κ2) is 8.09. The van der Waals surface area contributed by atoms with Crippen LogP contribution >= 0.6 is 11.6 Å². The van der Waals surface area contributed by atoms with Crippen molar-refractivity contribution < 1.29 is 14.2 Å². The van der Waals surface area contributed by atoms with Gasteiger partial charge in [-0.2, -0.15) is 0 Å². The zero-order chi connectivity index (χ0) is 16.8. The lowest BCUT2D eigenvalue weighted by molar-refractivity contribution is 0.354. The summed E-state index contributed by atoms with van der Waals surface area (Å²) < 4.78 is 16.1. The highest BCUT2D eigenvalue weighted by atomic mass is 35.5. The van der Waals surface area contributed by atoms with Crippen LogP contribution in [0.4, 0.5) is 0 Å². The predicted molar refractivity (Wildman–Crippen MR) is 93.0 cm³/mol. The number of hydrogen-bond donors (Lipinski definition) is 1. The Kier molecular flexibility index (Phi) is 6.13. The van der Waals surface area contributed by atoms with Gasteiger partial charge in [-0.15, -0.1) is 0 Å². The predicted octanol–water partition coefficient (Wildman–Crippen LogP) is 3.65. The minimum Gasteiger partial charge on any atom is -0.496 e. The quantitative estimate of drug-likeness (QED) is 0.839. The third-order valence-electron chi connectivity index (χ3n) is 3.85. The summed E-state index contributed by atoms with van der Waals surface area (Å²) in [6, 6.07) is 11.5. The fraction of sp³-hybridized carbons (Fsp3) is 0.333. The molecule has 2 N–H and O–H groups in total. The van der Waals surface area contributed by atoms with Crippen LogP contribution in [0.5, 0.6) is 17.2 Å². The van der Waals surface area contributed by atoms with Gasteiger partial charge in [-0.3, -0.25) is 0 Å². The topological polar surface area (TPSA) is 53.7 Å². The first-order valence-electron chi connectivity index (χ1n) is 7.37. The van der Waals surface area contributed by atoms with E-state index in [1.54, 1.807) is 21.3 Å². The Bertz CT molecular complexity index is 661. The van der Waals surface area contributed by atoms with Gasteiger partial charge in [0, 0.05) is 16.5 Å². The van der Waals surface area contributed by atoms with Crippen molar-refractivity contribution in [3.63, 3.8) is 0 Å². The van der Waals surface area contributed by atoms with Gasteiger partial charge in [-0.25, -0.2) is 0 Å². The summed E-state index contributed by atoms with van der Waals surface area (Å²) in [5.74, 6) is 2.31. The van der Waals surface area contributed by atoms with Crippen LogP contribution in [0.25, 0.3) is 0 Å². The second-order valence-electron chi connectivity index (χ2n) is 5.21. The van der Waals surface area contributed by atoms with Gasteiger partial charge >= 0.3 is 0 Å². The molecule has 5 heteroatoms. The molecule has 0 fully saturated rings. The molecule has 0 radical (unpaired) electrons. The van der Waals surface area contributed by atoms with Crippen molar-refractivity contribution in [2.75, 3.05) is 27.9 Å². The van der Waals surface area contributed by atoms with Crippen molar-refractivity contribution >= 4 is 11.6 Å². The lowest BCUT2D eigenvalue weighted by Gasteiger charge is -2.19. The molecule has 0 heterocycles. The zero-order valence-corrected chi connectivity index (χ0v) is 14.4. The molecule has 0 amide bonds. The van der Waals surface area contributed by atoms with E-state index in [2.05, 4.69) is 0 Å². The van der Waals surface area contributed by atoms with Gasteiger partial charge in [0.25, 0.3) is 0 Å². The van der Waals surface area contributed by atoms with Gasteiger partial charge in [0.05, 0.1) is 21.3 Å². The molecule has 0 saturated carbocycles. The average molecular weight is 336 g/mol. The summed E-state index contributed by atoms with van der Waals surface area (Å²) in [5.41, 5.74) is 8.12. The van der Waals surface area contributed by atoms with E-state index in [0.717, 1.165) is 23.3 Å². The number of rotatable bonds is 7. The van der Waals surface area contributed by atoms with E-state index in [4.69, 9.17) is 31.5 Å². The van der Waals surface area contributed by atoms with Crippen molar-refractivity contribution in [3.8, 4) is 17.2 Å². The van der Waals surface area contributed by atoms with Crippen LogP contribution in [-0.2, 0) is 6.42 Å². The van der Waals surface area contributed by atoms with Crippen LogP contribution < -0.4 is 19.9 Å². The third-order valence-corrected chi connectivity index (χ3v) is 4.08.